The fraction of sp³-hybridized carbons (Fsp3) is 1.00. The summed E-state index contributed by atoms with van der Waals surface area (Å²) in [5.41, 5.74) is 0.312. The van der Waals surface area contributed by atoms with Crippen LogP contribution < -0.4 is 0 Å². The van der Waals surface area contributed by atoms with E-state index >= 15 is 0 Å². The molecule has 98 valence electrons. The highest BCUT2D eigenvalue weighted by Gasteiger charge is 2.09. The Morgan fingerprint density at radius 3 is 2.19 bits per heavy atom. The zero-order valence-corrected chi connectivity index (χ0v) is 12.0. The van der Waals surface area contributed by atoms with Crippen molar-refractivity contribution in [1.82, 2.24) is 0 Å². The fourth-order valence-corrected chi connectivity index (χ4v) is 2.01. The summed E-state index contributed by atoms with van der Waals surface area (Å²) in [7, 11) is 1.78. The Balaban J connectivity index is 3.23. The quantitative estimate of drug-likeness (QED) is 0.503. The standard InChI is InChI=1S/C11H23ClO3S/c1-11(2,3)7-9-15-8-5-4-6-10-16(12,13)14/h4-10H2,1-3H3. The lowest BCUT2D eigenvalue weighted by Gasteiger charge is -2.17. The van der Waals surface area contributed by atoms with Crippen molar-refractivity contribution >= 4 is 19.7 Å². The Kier molecular flexibility index (Phi) is 7.61. The summed E-state index contributed by atoms with van der Waals surface area (Å²) in [5, 5.41) is 0. The molecule has 0 heterocycles. The van der Waals surface area contributed by atoms with Gasteiger partial charge in [0, 0.05) is 23.9 Å². The van der Waals surface area contributed by atoms with Crippen molar-refractivity contribution in [2.45, 2.75) is 46.5 Å². The molecule has 0 aromatic rings. The predicted molar refractivity (Wildman–Crippen MR) is 68.4 cm³/mol. The van der Waals surface area contributed by atoms with Crippen LogP contribution in [-0.4, -0.2) is 27.4 Å². The molecule has 0 aliphatic heterocycles. The van der Waals surface area contributed by atoms with Crippen LogP contribution in [0, 0.1) is 5.41 Å². The van der Waals surface area contributed by atoms with Crippen LogP contribution in [0.2, 0.25) is 0 Å². The maximum Gasteiger partial charge on any atom is 0.232 e. The largest absolute Gasteiger partial charge is 0.381 e. The van der Waals surface area contributed by atoms with Crippen LogP contribution in [-0.2, 0) is 13.8 Å². The van der Waals surface area contributed by atoms with Gasteiger partial charge in [-0.1, -0.05) is 27.2 Å². The summed E-state index contributed by atoms with van der Waals surface area (Å²) in [4.78, 5) is 0. The monoisotopic (exact) mass is 270 g/mol. The van der Waals surface area contributed by atoms with E-state index in [1.54, 1.807) is 0 Å². The third-order valence-corrected chi connectivity index (χ3v) is 3.41. The van der Waals surface area contributed by atoms with Crippen molar-refractivity contribution in [2.24, 2.45) is 5.41 Å². The number of ether oxygens (including phenoxy) is 1. The maximum absolute atomic E-state index is 10.6. The predicted octanol–water partition coefficient (Wildman–Crippen LogP) is 3.18. The molecule has 0 atom stereocenters. The van der Waals surface area contributed by atoms with Crippen molar-refractivity contribution in [3.8, 4) is 0 Å². The highest BCUT2D eigenvalue weighted by molar-refractivity contribution is 8.13. The van der Waals surface area contributed by atoms with Gasteiger partial charge in [0.2, 0.25) is 9.05 Å². The lowest BCUT2D eigenvalue weighted by molar-refractivity contribution is 0.105. The summed E-state index contributed by atoms with van der Waals surface area (Å²) in [6.45, 7) is 8.03. The first-order chi connectivity index (χ1) is 7.21. The number of hydrogen-bond donors (Lipinski definition) is 0. The Morgan fingerprint density at radius 2 is 1.69 bits per heavy atom. The molecule has 0 saturated heterocycles. The molecule has 0 unspecified atom stereocenters. The average molecular weight is 271 g/mol. The molecule has 3 nitrogen and oxygen atoms in total. The first-order valence-corrected chi connectivity index (χ1v) is 8.19. The van der Waals surface area contributed by atoms with Crippen molar-refractivity contribution < 1.29 is 13.2 Å². The second-order valence-corrected chi connectivity index (χ2v) is 8.12. The van der Waals surface area contributed by atoms with Gasteiger partial charge in [-0.05, 0) is 24.7 Å². The van der Waals surface area contributed by atoms with Gasteiger partial charge in [0.05, 0.1) is 5.75 Å². The minimum Gasteiger partial charge on any atom is -0.381 e. The number of rotatable bonds is 8. The smallest absolute Gasteiger partial charge is 0.232 e. The van der Waals surface area contributed by atoms with E-state index in [2.05, 4.69) is 20.8 Å². The van der Waals surface area contributed by atoms with Crippen LogP contribution >= 0.6 is 10.7 Å². The minimum atomic E-state index is -3.31. The Hall–Kier alpha value is 0.200. The van der Waals surface area contributed by atoms with Gasteiger partial charge in [-0.15, -0.1) is 0 Å². The summed E-state index contributed by atoms with van der Waals surface area (Å²) in [6.07, 6.45) is 3.41. The maximum atomic E-state index is 10.6. The van der Waals surface area contributed by atoms with E-state index in [9.17, 15) is 8.42 Å². The topological polar surface area (TPSA) is 43.4 Å². The van der Waals surface area contributed by atoms with Crippen molar-refractivity contribution in [1.29, 1.82) is 0 Å². The average Bonchev–Trinajstić information content (AvgIpc) is 2.06. The van der Waals surface area contributed by atoms with Crippen LogP contribution in [0.5, 0.6) is 0 Å². The SMILES string of the molecule is CC(C)(C)CCOCCCCCS(=O)(=O)Cl. The zero-order valence-electron chi connectivity index (χ0n) is 10.5. The van der Waals surface area contributed by atoms with E-state index < -0.39 is 9.05 Å². The molecule has 0 aromatic heterocycles. The van der Waals surface area contributed by atoms with Crippen LogP contribution in [0.25, 0.3) is 0 Å². The Morgan fingerprint density at radius 1 is 1.06 bits per heavy atom. The molecule has 0 aromatic carbocycles. The van der Waals surface area contributed by atoms with Gasteiger partial charge in [0.1, 0.15) is 0 Å². The van der Waals surface area contributed by atoms with Crippen LogP contribution in [0.1, 0.15) is 46.5 Å². The van der Waals surface area contributed by atoms with Gasteiger partial charge in [0.15, 0.2) is 0 Å². The van der Waals surface area contributed by atoms with Crippen molar-refractivity contribution in [3.05, 3.63) is 0 Å². The molecular formula is C11H23ClO3S. The van der Waals surface area contributed by atoms with Gasteiger partial charge in [0.25, 0.3) is 0 Å². The van der Waals surface area contributed by atoms with Gasteiger partial charge in [-0.3, -0.25) is 0 Å². The van der Waals surface area contributed by atoms with Crippen LogP contribution in [0.3, 0.4) is 0 Å². The summed E-state index contributed by atoms with van der Waals surface area (Å²) >= 11 is 0. The van der Waals surface area contributed by atoms with Gasteiger partial charge in [-0.25, -0.2) is 8.42 Å². The fourth-order valence-electron chi connectivity index (χ4n) is 1.14. The third kappa shape index (κ3) is 14.2. The van der Waals surface area contributed by atoms with Crippen molar-refractivity contribution in [2.75, 3.05) is 19.0 Å². The normalized spacial score (nSPS) is 13.0. The van der Waals surface area contributed by atoms with E-state index in [0.717, 1.165) is 25.9 Å². The molecule has 0 rings (SSSR count). The molecular weight excluding hydrogens is 248 g/mol. The summed E-state index contributed by atoms with van der Waals surface area (Å²) < 4.78 is 26.7. The molecule has 5 heteroatoms. The van der Waals surface area contributed by atoms with E-state index in [1.807, 2.05) is 0 Å². The summed E-state index contributed by atoms with van der Waals surface area (Å²) in [6, 6.07) is 0. The highest BCUT2D eigenvalue weighted by atomic mass is 35.7. The van der Waals surface area contributed by atoms with Gasteiger partial charge < -0.3 is 4.74 Å². The molecule has 16 heavy (non-hydrogen) atoms. The number of unbranched alkanes of at least 4 members (excludes halogenated alkanes) is 2. The second kappa shape index (κ2) is 7.51. The first kappa shape index (κ1) is 16.2. The summed E-state index contributed by atoms with van der Waals surface area (Å²) in [5.74, 6) is 0.0660. The third-order valence-electron chi connectivity index (χ3n) is 2.17. The van der Waals surface area contributed by atoms with E-state index in [0.29, 0.717) is 18.4 Å². The number of hydrogen-bond acceptors (Lipinski definition) is 3. The Bertz CT molecular complexity index is 267. The van der Waals surface area contributed by atoms with Gasteiger partial charge in [-0.2, -0.15) is 0 Å². The molecule has 0 amide bonds. The van der Waals surface area contributed by atoms with Gasteiger partial charge >= 0.3 is 0 Å². The number of halogens is 1. The molecule has 0 N–H and O–H groups in total. The molecule has 0 aliphatic rings. The molecule has 0 spiro atoms. The molecule has 0 saturated carbocycles. The zero-order chi connectivity index (χ0) is 12.7. The minimum absolute atomic E-state index is 0.0660. The Labute approximate surface area is 104 Å². The molecule has 0 radical (unpaired) electrons. The van der Waals surface area contributed by atoms with E-state index in [1.165, 1.54) is 0 Å². The van der Waals surface area contributed by atoms with Crippen LogP contribution in [0.15, 0.2) is 0 Å². The van der Waals surface area contributed by atoms with E-state index in [-0.39, 0.29) is 5.75 Å². The van der Waals surface area contributed by atoms with Crippen molar-refractivity contribution in [3.63, 3.8) is 0 Å². The second-order valence-electron chi connectivity index (χ2n) is 5.23. The van der Waals surface area contributed by atoms with Crippen LogP contribution in [0.4, 0.5) is 0 Å². The lowest BCUT2D eigenvalue weighted by Crippen LogP contribution is -2.10. The molecule has 0 bridgehead atoms. The van der Waals surface area contributed by atoms with E-state index in [4.69, 9.17) is 15.4 Å². The first-order valence-electron chi connectivity index (χ1n) is 5.71. The molecule has 0 aliphatic carbocycles. The molecule has 0 fully saturated rings. The lowest BCUT2D eigenvalue weighted by atomic mass is 9.93. The highest BCUT2D eigenvalue weighted by Crippen LogP contribution is 2.17.